The number of ether oxygens (including phenoxy) is 1. The molecule has 1 aliphatic heterocycles. The molecule has 7 rings (SSSR count). The first-order chi connectivity index (χ1) is 23.2. The molecule has 9 nitrogen and oxygen atoms in total. The number of aromatic amines is 2. The van der Waals surface area contributed by atoms with Gasteiger partial charge in [0.15, 0.2) is 11.6 Å². The van der Waals surface area contributed by atoms with E-state index in [-0.39, 0.29) is 35.9 Å². The van der Waals surface area contributed by atoms with Crippen molar-refractivity contribution in [2.24, 2.45) is 0 Å². The summed E-state index contributed by atoms with van der Waals surface area (Å²) in [6, 6.07) is 15.5. The maximum atomic E-state index is 15.7. The Hall–Kier alpha value is -5.32. The van der Waals surface area contributed by atoms with Crippen molar-refractivity contribution in [1.82, 2.24) is 29.9 Å². The Bertz CT molecular complexity index is 2120. The summed E-state index contributed by atoms with van der Waals surface area (Å²) in [5, 5.41) is 18.9. The van der Waals surface area contributed by atoms with E-state index in [1.807, 2.05) is 30.5 Å². The highest BCUT2D eigenvalue weighted by molar-refractivity contribution is 5.85. The molecule has 1 aliphatic rings. The van der Waals surface area contributed by atoms with E-state index in [2.05, 4.69) is 45.2 Å². The zero-order chi connectivity index (χ0) is 33.4. The lowest BCUT2D eigenvalue weighted by molar-refractivity contribution is -0.136. The zero-order valence-electron chi connectivity index (χ0n) is 26.8. The van der Waals surface area contributed by atoms with Gasteiger partial charge in [-0.15, -0.1) is 5.10 Å². The highest BCUT2D eigenvalue weighted by atomic mass is 19.1. The van der Waals surface area contributed by atoms with Crippen LogP contribution in [-0.4, -0.2) is 41.0 Å². The molecular weight excluding hydrogens is 614 g/mol. The fourth-order valence-electron chi connectivity index (χ4n) is 6.71. The van der Waals surface area contributed by atoms with Crippen molar-refractivity contribution >= 4 is 16.9 Å². The van der Waals surface area contributed by atoms with Crippen LogP contribution in [0.3, 0.4) is 0 Å². The Labute approximate surface area is 276 Å². The van der Waals surface area contributed by atoms with Gasteiger partial charge >= 0.3 is 5.97 Å². The Morgan fingerprint density at radius 3 is 2.85 bits per heavy atom. The number of halogens is 2. The zero-order valence-corrected chi connectivity index (χ0v) is 26.8. The molecule has 246 valence electrons. The van der Waals surface area contributed by atoms with Gasteiger partial charge in [-0.2, -0.15) is 0 Å². The lowest BCUT2D eigenvalue weighted by Crippen LogP contribution is -2.24. The quantitative estimate of drug-likeness (QED) is 0.177. The van der Waals surface area contributed by atoms with Crippen LogP contribution in [0.25, 0.3) is 22.3 Å². The van der Waals surface area contributed by atoms with E-state index in [1.54, 1.807) is 17.1 Å². The van der Waals surface area contributed by atoms with Crippen LogP contribution in [0.15, 0.2) is 73.2 Å². The number of hydrogen-bond acceptors (Lipinski definition) is 5. The van der Waals surface area contributed by atoms with Crippen LogP contribution in [0.1, 0.15) is 79.9 Å². The Morgan fingerprint density at radius 1 is 1.12 bits per heavy atom. The Balaban J connectivity index is 1.33. The molecule has 48 heavy (non-hydrogen) atoms. The van der Waals surface area contributed by atoms with Crippen LogP contribution in [0.5, 0.6) is 11.5 Å². The largest absolute Gasteiger partial charge is 0.481 e. The second kappa shape index (κ2) is 12.7. The second-order valence-corrected chi connectivity index (χ2v) is 12.9. The molecule has 6 aromatic rings. The third-order valence-corrected chi connectivity index (χ3v) is 9.59. The van der Waals surface area contributed by atoms with Gasteiger partial charge in [0.1, 0.15) is 17.4 Å². The molecule has 0 aliphatic carbocycles. The first-order valence-electron chi connectivity index (χ1n) is 16.2. The van der Waals surface area contributed by atoms with Crippen molar-refractivity contribution in [2.45, 2.75) is 70.3 Å². The third kappa shape index (κ3) is 6.08. The third-order valence-electron chi connectivity index (χ3n) is 9.59. The van der Waals surface area contributed by atoms with E-state index in [9.17, 15) is 9.90 Å². The highest BCUT2D eigenvalue weighted by Gasteiger charge is 2.32. The number of nitrogens with one attached hydrogen (secondary N) is 2. The number of aryl methyl sites for hydroxylation is 1. The summed E-state index contributed by atoms with van der Waals surface area (Å²) in [7, 11) is 0. The number of imidazole rings is 1. The van der Waals surface area contributed by atoms with Gasteiger partial charge in [-0.25, -0.2) is 18.4 Å². The number of H-pyrrole nitrogens is 2. The average Bonchev–Trinajstić information content (AvgIpc) is 3.86. The van der Waals surface area contributed by atoms with Crippen LogP contribution >= 0.6 is 0 Å². The molecule has 3 aromatic heterocycles. The summed E-state index contributed by atoms with van der Waals surface area (Å²) in [6.07, 6.45) is 9.31. The molecule has 0 fully saturated rings. The number of carboxylic acid groups (broad SMARTS) is 1. The number of fused-ring (bicyclic) bond motifs is 10. The Kier molecular flexibility index (Phi) is 8.28. The van der Waals surface area contributed by atoms with Gasteiger partial charge in [0.05, 0.1) is 17.8 Å². The van der Waals surface area contributed by atoms with Crippen LogP contribution in [0.4, 0.5) is 8.78 Å². The molecular formula is C37H36F2N6O3. The van der Waals surface area contributed by atoms with Gasteiger partial charge in [-0.3, -0.25) is 4.79 Å². The first kappa shape index (κ1) is 31.3. The van der Waals surface area contributed by atoms with Crippen molar-refractivity contribution in [3.8, 4) is 22.9 Å². The SMILES string of the molecule is CC1CCCCC(C)(c2cccc(CCC(=O)O)c2)c2cnc([nH]2)-c2cc(ccc2F)Oc2c(F)cc3[nH]ccc3c2Cn2cc1nn2. The number of aliphatic carboxylic acids is 1. The molecule has 2 atom stereocenters. The minimum Gasteiger partial charge on any atom is -0.481 e. The predicted octanol–water partition coefficient (Wildman–Crippen LogP) is 8.27. The standard InChI is InChI=1S/C37H36F2N6O3/c1-22-6-3-4-14-37(2,24-8-5-7-23(16-24)9-12-34(46)47)33-19-41-36(42-33)27-17-25(10-11-29(27)38)48-35-28(20-45-21-32(22)43-44-45)26-13-15-40-31(26)18-30(35)39/h5,7-8,10-11,13,15-19,21-22,40H,3-4,6,9,12,14,20H2,1-2H3,(H,41,42)(H,46,47). The van der Waals surface area contributed by atoms with Crippen LogP contribution < -0.4 is 4.74 Å². The van der Waals surface area contributed by atoms with E-state index in [0.29, 0.717) is 23.3 Å². The van der Waals surface area contributed by atoms with Gasteiger partial charge in [-0.05, 0) is 61.6 Å². The number of rotatable bonds is 4. The molecule has 3 N–H and O–H groups in total. The normalized spacial score (nSPS) is 18.4. The second-order valence-electron chi connectivity index (χ2n) is 12.9. The molecule has 2 unspecified atom stereocenters. The summed E-state index contributed by atoms with van der Waals surface area (Å²) in [6.45, 7) is 4.49. The predicted molar refractivity (Wildman–Crippen MR) is 177 cm³/mol. The molecule has 0 saturated carbocycles. The van der Waals surface area contributed by atoms with Crippen LogP contribution in [0.2, 0.25) is 0 Å². The van der Waals surface area contributed by atoms with Gasteiger partial charge in [0.25, 0.3) is 0 Å². The monoisotopic (exact) mass is 650 g/mol. The summed E-state index contributed by atoms with van der Waals surface area (Å²) in [5.41, 5.74) is 4.47. The number of nitrogens with zero attached hydrogens (tertiary/aromatic N) is 4. The molecule has 4 heterocycles. The fraction of sp³-hybridized carbons (Fsp3) is 0.297. The van der Waals surface area contributed by atoms with Gasteiger partial charge < -0.3 is 19.8 Å². The number of hydrogen-bond donors (Lipinski definition) is 3. The van der Waals surface area contributed by atoms with Crippen LogP contribution in [-0.2, 0) is 23.2 Å². The summed E-state index contributed by atoms with van der Waals surface area (Å²) in [4.78, 5) is 22.4. The number of aromatic nitrogens is 6. The van der Waals surface area contributed by atoms with E-state index in [0.717, 1.165) is 53.6 Å². The van der Waals surface area contributed by atoms with Crippen molar-refractivity contribution in [1.29, 1.82) is 0 Å². The number of carbonyl (C=O) groups is 1. The number of carboxylic acids is 1. The molecule has 6 bridgehead atoms. The number of benzene rings is 3. The maximum Gasteiger partial charge on any atom is 0.303 e. The van der Waals surface area contributed by atoms with E-state index in [1.165, 1.54) is 24.3 Å². The fourth-order valence-corrected chi connectivity index (χ4v) is 6.71. The maximum absolute atomic E-state index is 15.7. The summed E-state index contributed by atoms with van der Waals surface area (Å²) < 4.78 is 39.0. The summed E-state index contributed by atoms with van der Waals surface area (Å²) in [5.74, 6) is -1.17. The van der Waals surface area contributed by atoms with Crippen molar-refractivity contribution in [3.63, 3.8) is 0 Å². The Morgan fingerprint density at radius 2 is 2.00 bits per heavy atom. The minimum absolute atomic E-state index is 0.0261. The lowest BCUT2D eigenvalue weighted by Gasteiger charge is -2.30. The van der Waals surface area contributed by atoms with Gasteiger partial charge in [0, 0.05) is 64.6 Å². The molecule has 0 radical (unpaired) electrons. The lowest BCUT2D eigenvalue weighted by atomic mass is 9.75. The van der Waals surface area contributed by atoms with E-state index in [4.69, 9.17) is 4.74 Å². The van der Waals surface area contributed by atoms with Gasteiger partial charge in [-0.1, -0.05) is 49.2 Å². The van der Waals surface area contributed by atoms with Crippen LogP contribution in [0, 0.1) is 11.6 Å². The molecule has 3 aromatic carbocycles. The van der Waals surface area contributed by atoms with Crippen molar-refractivity contribution < 1.29 is 23.4 Å². The van der Waals surface area contributed by atoms with E-state index >= 15 is 8.78 Å². The molecule has 0 saturated heterocycles. The molecule has 0 amide bonds. The van der Waals surface area contributed by atoms with Crippen molar-refractivity contribution in [3.05, 3.63) is 113 Å². The van der Waals surface area contributed by atoms with Gasteiger partial charge in [0.2, 0.25) is 0 Å². The summed E-state index contributed by atoms with van der Waals surface area (Å²) >= 11 is 0. The first-order valence-corrected chi connectivity index (χ1v) is 16.2. The molecule has 11 heteroatoms. The van der Waals surface area contributed by atoms with E-state index < -0.39 is 23.0 Å². The smallest absolute Gasteiger partial charge is 0.303 e. The molecule has 0 spiro atoms. The minimum atomic E-state index is -0.844. The highest BCUT2D eigenvalue weighted by Crippen LogP contribution is 2.40. The average molecular weight is 651 g/mol. The topological polar surface area (TPSA) is 122 Å². The van der Waals surface area contributed by atoms with Crippen molar-refractivity contribution in [2.75, 3.05) is 0 Å².